The van der Waals surface area contributed by atoms with Crippen LogP contribution in [0, 0.1) is 0 Å². The molecule has 2 atom stereocenters. The first-order valence-electron chi connectivity index (χ1n) is 4.07. The largest absolute Gasteiger partial charge is 0.481 e. The molecule has 0 spiro atoms. The molecule has 2 aliphatic heterocycles. The topological polar surface area (TPSA) is 18.5 Å². The van der Waals surface area contributed by atoms with Crippen LogP contribution in [0.3, 0.4) is 0 Å². The lowest BCUT2D eigenvalue weighted by molar-refractivity contribution is 0.0493. The van der Waals surface area contributed by atoms with Crippen molar-refractivity contribution in [2.24, 2.45) is 0 Å². The smallest absolute Gasteiger partial charge is 0.172 e. The zero-order valence-corrected chi connectivity index (χ0v) is 9.21. The van der Waals surface area contributed by atoms with Gasteiger partial charge in [0.1, 0.15) is 12.2 Å². The fourth-order valence-electron chi connectivity index (χ4n) is 1.44. The molecule has 0 N–H and O–H groups in total. The standard InChI is InChI=1S/C8H8O2S3/c1-5-6(2-11-1)10-8-4-13-12-3-7(8)9-5/h1-2,7-8H,3-4H2. The third-order valence-corrected chi connectivity index (χ3v) is 5.23. The molecule has 2 nitrogen and oxygen atoms in total. The number of fused-ring (bicyclic) bond motifs is 2. The van der Waals surface area contributed by atoms with Crippen LogP contribution in [0.15, 0.2) is 10.8 Å². The van der Waals surface area contributed by atoms with Gasteiger partial charge in [-0.2, -0.15) is 0 Å². The van der Waals surface area contributed by atoms with Crippen LogP contribution < -0.4 is 9.47 Å². The quantitative estimate of drug-likeness (QED) is 0.640. The van der Waals surface area contributed by atoms with Gasteiger partial charge in [-0.3, -0.25) is 0 Å². The van der Waals surface area contributed by atoms with Crippen LogP contribution >= 0.6 is 32.9 Å². The number of hydrogen-bond acceptors (Lipinski definition) is 5. The fraction of sp³-hybridized carbons (Fsp3) is 0.500. The molecule has 0 radical (unpaired) electrons. The SMILES string of the molecule is c1scc2c1OC1CSSCC1O2. The Morgan fingerprint density at radius 1 is 1.00 bits per heavy atom. The van der Waals surface area contributed by atoms with Crippen molar-refractivity contribution in [1.82, 2.24) is 0 Å². The van der Waals surface area contributed by atoms with E-state index < -0.39 is 0 Å². The summed E-state index contributed by atoms with van der Waals surface area (Å²) < 4.78 is 11.7. The van der Waals surface area contributed by atoms with Crippen LogP contribution in [-0.2, 0) is 0 Å². The van der Waals surface area contributed by atoms with Crippen LogP contribution in [0.25, 0.3) is 0 Å². The molecule has 5 heteroatoms. The molecule has 1 saturated heterocycles. The number of hydrogen-bond donors (Lipinski definition) is 0. The summed E-state index contributed by atoms with van der Waals surface area (Å²) in [7, 11) is 3.75. The van der Waals surface area contributed by atoms with Gasteiger partial charge in [0.15, 0.2) is 11.5 Å². The molecule has 1 fully saturated rings. The number of rotatable bonds is 0. The Hall–Kier alpha value is -0.0000000000000000555. The highest BCUT2D eigenvalue weighted by atomic mass is 33.1. The highest BCUT2D eigenvalue weighted by molar-refractivity contribution is 8.76. The molecule has 0 aromatic carbocycles. The first-order chi connectivity index (χ1) is 6.43. The summed E-state index contributed by atoms with van der Waals surface area (Å²) in [4.78, 5) is 0. The second-order valence-electron chi connectivity index (χ2n) is 2.98. The fourth-order valence-corrected chi connectivity index (χ4v) is 4.50. The maximum Gasteiger partial charge on any atom is 0.172 e. The molecule has 2 unspecified atom stereocenters. The van der Waals surface area contributed by atoms with Crippen molar-refractivity contribution in [2.75, 3.05) is 11.5 Å². The highest BCUT2D eigenvalue weighted by Gasteiger charge is 2.34. The molecular formula is C8H8O2S3. The van der Waals surface area contributed by atoms with Crippen LogP contribution in [0.4, 0.5) is 0 Å². The van der Waals surface area contributed by atoms with Gasteiger partial charge in [-0.1, -0.05) is 21.6 Å². The molecule has 3 rings (SSSR count). The zero-order valence-electron chi connectivity index (χ0n) is 6.76. The first-order valence-corrected chi connectivity index (χ1v) is 7.50. The van der Waals surface area contributed by atoms with Gasteiger partial charge in [-0.25, -0.2) is 0 Å². The second-order valence-corrected chi connectivity index (χ2v) is 6.28. The minimum absolute atomic E-state index is 0.258. The molecule has 0 bridgehead atoms. The summed E-state index contributed by atoms with van der Waals surface area (Å²) in [5, 5.41) is 4.02. The maximum atomic E-state index is 5.83. The van der Waals surface area contributed by atoms with Gasteiger partial charge in [0.2, 0.25) is 0 Å². The third-order valence-electron chi connectivity index (χ3n) is 2.11. The van der Waals surface area contributed by atoms with E-state index in [0.717, 1.165) is 23.0 Å². The normalized spacial score (nSPS) is 31.1. The molecular weight excluding hydrogens is 224 g/mol. The predicted octanol–water partition coefficient (Wildman–Crippen LogP) is 2.65. The van der Waals surface area contributed by atoms with Gasteiger partial charge < -0.3 is 9.47 Å². The van der Waals surface area contributed by atoms with Crippen molar-refractivity contribution in [3.05, 3.63) is 10.8 Å². The summed E-state index contributed by atoms with van der Waals surface area (Å²) in [6.07, 6.45) is 0.515. The maximum absolute atomic E-state index is 5.83. The molecule has 0 amide bonds. The lowest BCUT2D eigenvalue weighted by Crippen LogP contribution is -2.44. The van der Waals surface area contributed by atoms with Crippen molar-refractivity contribution in [1.29, 1.82) is 0 Å². The Labute approximate surface area is 88.4 Å². The van der Waals surface area contributed by atoms with Crippen LogP contribution in [0.1, 0.15) is 0 Å². The zero-order chi connectivity index (χ0) is 8.67. The molecule has 0 saturated carbocycles. The monoisotopic (exact) mass is 232 g/mol. The van der Waals surface area contributed by atoms with E-state index in [1.54, 1.807) is 11.3 Å². The van der Waals surface area contributed by atoms with Crippen molar-refractivity contribution in [2.45, 2.75) is 12.2 Å². The minimum Gasteiger partial charge on any atom is -0.481 e. The Kier molecular flexibility index (Phi) is 2.11. The summed E-state index contributed by atoms with van der Waals surface area (Å²) >= 11 is 1.64. The van der Waals surface area contributed by atoms with Crippen molar-refractivity contribution in [3.63, 3.8) is 0 Å². The van der Waals surface area contributed by atoms with Gasteiger partial charge in [-0.05, 0) is 0 Å². The van der Waals surface area contributed by atoms with E-state index in [1.165, 1.54) is 0 Å². The Bertz CT molecular complexity index is 284. The highest BCUT2D eigenvalue weighted by Crippen LogP contribution is 2.42. The second kappa shape index (κ2) is 3.29. The number of ether oxygens (including phenoxy) is 2. The van der Waals surface area contributed by atoms with Crippen molar-refractivity contribution in [3.8, 4) is 11.5 Å². The molecule has 1 aromatic heterocycles. The third kappa shape index (κ3) is 1.43. The van der Waals surface area contributed by atoms with Crippen molar-refractivity contribution < 1.29 is 9.47 Å². The van der Waals surface area contributed by atoms with Gasteiger partial charge >= 0.3 is 0 Å². The van der Waals surface area contributed by atoms with Crippen LogP contribution in [0.5, 0.6) is 11.5 Å². The molecule has 13 heavy (non-hydrogen) atoms. The van der Waals surface area contributed by atoms with Gasteiger partial charge in [0.05, 0.1) is 0 Å². The summed E-state index contributed by atoms with van der Waals surface area (Å²) in [5.41, 5.74) is 0. The van der Waals surface area contributed by atoms with Gasteiger partial charge in [-0.15, -0.1) is 11.3 Å². The predicted molar refractivity (Wildman–Crippen MR) is 58.1 cm³/mol. The summed E-state index contributed by atoms with van der Waals surface area (Å²) in [6.45, 7) is 0. The molecule has 1 aromatic rings. The van der Waals surface area contributed by atoms with Crippen LogP contribution in [0.2, 0.25) is 0 Å². The lowest BCUT2D eigenvalue weighted by atomic mass is 10.2. The number of thiophene rings is 1. The molecule has 2 aliphatic rings. The Balaban J connectivity index is 1.89. The lowest BCUT2D eigenvalue weighted by Gasteiger charge is -2.34. The van der Waals surface area contributed by atoms with Gasteiger partial charge in [0.25, 0.3) is 0 Å². The Morgan fingerprint density at radius 3 is 2.08 bits per heavy atom. The summed E-state index contributed by atoms with van der Waals surface area (Å²) in [6, 6.07) is 0. The van der Waals surface area contributed by atoms with Crippen LogP contribution in [-0.4, -0.2) is 23.7 Å². The molecule has 70 valence electrons. The van der Waals surface area contributed by atoms with E-state index in [9.17, 15) is 0 Å². The van der Waals surface area contributed by atoms with Crippen molar-refractivity contribution >= 4 is 32.9 Å². The van der Waals surface area contributed by atoms with E-state index >= 15 is 0 Å². The van der Waals surface area contributed by atoms with E-state index in [2.05, 4.69) is 0 Å². The minimum atomic E-state index is 0.258. The van der Waals surface area contributed by atoms with E-state index in [-0.39, 0.29) is 12.2 Å². The Morgan fingerprint density at radius 2 is 1.54 bits per heavy atom. The van der Waals surface area contributed by atoms with E-state index in [0.29, 0.717) is 0 Å². The molecule has 3 heterocycles. The van der Waals surface area contributed by atoms with Gasteiger partial charge in [0, 0.05) is 22.3 Å². The average molecular weight is 232 g/mol. The summed E-state index contributed by atoms with van der Waals surface area (Å²) in [5.74, 6) is 3.92. The van der Waals surface area contributed by atoms with E-state index in [1.807, 2.05) is 32.3 Å². The average Bonchev–Trinajstić information content (AvgIpc) is 2.61. The van der Waals surface area contributed by atoms with E-state index in [4.69, 9.17) is 9.47 Å². The first kappa shape index (κ1) is 8.32. The molecule has 0 aliphatic carbocycles.